The number of carbonyl (C=O) groups excluding carboxylic acids is 2. The Morgan fingerprint density at radius 3 is 2.67 bits per heavy atom. The number of amides is 2. The van der Waals surface area contributed by atoms with Crippen LogP contribution in [0.3, 0.4) is 0 Å². The number of halogens is 1. The zero-order valence-corrected chi connectivity index (χ0v) is 15.1. The Kier molecular flexibility index (Phi) is 6.58. The summed E-state index contributed by atoms with van der Waals surface area (Å²) in [6.45, 7) is 4.59. The van der Waals surface area contributed by atoms with Crippen molar-refractivity contribution in [1.82, 2.24) is 5.32 Å². The second kappa shape index (κ2) is 8.66. The van der Waals surface area contributed by atoms with Gasteiger partial charge in [-0.3, -0.25) is 9.59 Å². The van der Waals surface area contributed by atoms with Gasteiger partial charge in [0.1, 0.15) is 0 Å². The molecule has 0 radical (unpaired) electrons. The molecule has 0 saturated heterocycles. The van der Waals surface area contributed by atoms with Crippen molar-refractivity contribution < 1.29 is 9.59 Å². The van der Waals surface area contributed by atoms with Crippen LogP contribution >= 0.6 is 22.9 Å². The maximum absolute atomic E-state index is 11.9. The Hall–Kier alpha value is -2.11. The average Bonchev–Trinajstić information content (AvgIpc) is 2.96. The fraction of sp³-hybridized carbons (Fsp3) is 0.222. The minimum Gasteiger partial charge on any atom is -0.352 e. The van der Waals surface area contributed by atoms with Crippen LogP contribution in [-0.4, -0.2) is 18.4 Å². The topological polar surface area (TPSA) is 58.2 Å². The summed E-state index contributed by atoms with van der Waals surface area (Å²) in [5, 5.41) is 5.81. The quantitative estimate of drug-likeness (QED) is 0.743. The summed E-state index contributed by atoms with van der Waals surface area (Å²) in [5.41, 5.74) is 0.941. The minimum atomic E-state index is -0.250. The summed E-state index contributed by atoms with van der Waals surface area (Å²) in [6.07, 6.45) is 4.09. The van der Waals surface area contributed by atoms with Crippen LogP contribution in [0.25, 0.3) is 6.08 Å². The molecule has 1 aromatic heterocycles. The van der Waals surface area contributed by atoms with E-state index in [0.29, 0.717) is 22.8 Å². The van der Waals surface area contributed by atoms with Gasteiger partial charge in [0.05, 0.1) is 10.6 Å². The molecule has 0 fully saturated rings. The SMILES string of the molecule is CCCNC(=O)c1ccc(NC(=O)C=Cc2ccc(C)s2)cc1Cl. The Bertz CT molecular complexity index is 768. The molecule has 0 aliphatic heterocycles. The van der Waals surface area contributed by atoms with Crippen LogP contribution in [0.15, 0.2) is 36.4 Å². The highest BCUT2D eigenvalue weighted by atomic mass is 35.5. The third-order valence-electron chi connectivity index (χ3n) is 3.18. The molecule has 2 amide bonds. The van der Waals surface area contributed by atoms with Crippen molar-refractivity contribution in [3.05, 3.63) is 56.7 Å². The Morgan fingerprint density at radius 2 is 2.04 bits per heavy atom. The zero-order valence-electron chi connectivity index (χ0n) is 13.6. The first-order valence-electron chi connectivity index (χ1n) is 7.63. The summed E-state index contributed by atoms with van der Waals surface area (Å²) in [7, 11) is 0. The molecule has 0 atom stereocenters. The summed E-state index contributed by atoms with van der Waals surface area (Å²) in [5.74, 6) is -0.465. The van der Waals surface area contributed by atoms with Gasteiger partial charge in [0.25, 0.3) is 5.91 Å². The molecular formula is C18H19ClN2O2S. The molecule has 2 rings (SSSR count). The van der Waals surface area contributed by atoms with Crippen LogP contribution < -0.4 is 10.6 Å². The standard InChI is InChI=1S/C18H19ClN2O2S/c1-3-10-20-18(23)15-8-5-13(11-16(15)19)21-17(22)9-7-14-6-4-12(2)24-14/h4-9,11H,3,10H2,1-2H3,(H,20,23)(H,21,22). The van der Waals surface area contributed by atoms with E-state index >= 15 is 0 Å². The van der Waals surface area contributed by atoms with E-state index in [9.17, 15) is 9.59 Å². The van der Waals surface area contributed by atoms with Crippen LogP contribution in [0.2, 0.25) is 5.02 Å². The lowest BCUT2D eigenvalue weighted by molar-refractivity contribution is -0.111. The zero-order chi connectivity index (χ0) is 17.5. The maximum atomic E-state index is 11.9. The minimum absolute atomic E-state index is 0.215. The third kappa shape index (κ3) is 5.22. The summed E-state index contributed by atoms with van der Waals surface area (Å²) < 4.78 is 0. The monoisotopic (exact) mass is 362 g/mol. The molecule has 0 aliphatic carbocycles. The first-order valence-corrected chi connectivity index (χ1v) is 8.82. The summed E-state index contributed by atoms with van der Waals surface area (Å²) in [4.78, 5) is 26.1. The molecule has 4 nitrogen and oxygen atoms in total. The molecule has 0 saturated carbocycles. The van der Waals surface area contributed by atoms with Crippen LogP contribution in [0.1, 0.15) is 33.5 Å². The van der Waals surface area contributed by atoms with E-state index in [1.54, 1.807) is 35.6 Å². The lowest BCUT2D eigenvalue weighted by Gasteiger charge is -2.08. The Balaban J connectivity index is 1.99. The molecule has 126 valence electrons. The van der Waals surface area contributed by atoms with Gasteiger partial charge in [-0.25, -0.2) is 0 Å². The number of carbonyl (C=O) groups is 2. The fourth-order valence-electron chi connectivity index (χ4n) is 2.00. The highest BCUT2D eigenvalue weighted by Gasteiger charge is 2.10. The van der Waals surface area contributed by atoms with Crippen molar-refractivity contribution in [2.45, 2.75) is 20.3 Å². The number of nitrogens with one attached hydrogen (secondary N) is 2. The molecule has 0 unspecified atom stereocenters. The van der Waals surface area contributed by atoms with Gasteiger partial charge in [-0.2, -0.15) is 0 Å². The van der Waals surface area contributed by atoms with Gasteiger partial charge < -0.3 is 10.6 Å². The number of aryl methyl sites for hydroxylation is 1. The second-order valence-corrected chi connectivity index (χ2v) is 6.95. The number of anilines is 1. The van der Waals surface area contributed by atoms with Crippen molar-refractivity contribution in [1.29, 1.82) is 0 Å². The van der Waals surface area contributed by atoms with Crippen molar-refractivity contribution in [2.24, 2.45) is 0 Å². The first-order chi connectivity index (χ1) is 11.5. The van der Waals surface area contributed by atoms with Gasteiger partial charge in [-0.15, -0.1) is 11.3 Å². The van der Waals surface area contributed by atoms with E-state index in [1.165, 1.54) is 11.0 Å². The smallest absolute Gasteiger partial charge is 0.252 e. The first kappa shape index (κ1) is 18.2. The lowest BCUT2D eigenvalue weighted by atomic mass is 10.2. The molecule has 2 aromatic rings. The fourth-order valence-corrected chi connectivity index (χ4v) is 3.04. The van der Waals surface area contributed by atoms with Gasteiger partial charge in [0.2, 0.25) is 5.91 Å². The van der Waals surface area contributed by atoms with Crippen molar-refractivity contribution >= 4 is 46.5 Å². The van der Waals surface area contributed by atoms with Crippen molar-refractivity contribution in [3.63, 3.8) is 0 Å². The highest BCUT2D eigenvalue weighted by molar-refractivity contribution is 7.12. The number of rotatable bonds is 6. The number of benzene rings is 1. The van der Waals surface area contributed by atoms with Crippen LogP contribution in [-0.2, 0) is 4.79 Å². The molecule has 0 bridgehead atoms. The molecule has 0 aliphatic rings. The molecule has 1 aromatic carbocycles. The molecule has 0 spiro atoms. The van der Waals surface area contributed by atoms with Gasteiger partial charge in [0, 0.05) is 28.1 Å². The maximum Gasteiger partial charge on any atom is 0.252 e. The van der Waals surface area contributed by atoms with E-state index in [1.807, 2.05) is 26.0 Å². The summed E-state index contributed by atoms with van der Waals surface area (Å²) in [6, 6.07) is 8.81. The van der Waals surface area contributed by atoms with E-state index < -0.39 is 0 Å². The third-order valence-corrected chi connectivity index (χ3v) is 4.46. The predicted octanol–water partition coefficient (Wildman–Crippen LogP) is 4.50. The van der Waals surface area contributed by atoms with E-state index in [-0.39, 0.29) is 11.8 Å². The van der Waals surface area contributed by atoms with Gasteiger partial charge in [-0.05, 0) is 49.8 Å². The normalized spacial score (nSPS) is 10.8. The van der Waals surface area contributed by atoms with E-state index in [0.717, 1.165) is 11.3 Å². The van der Waals surface area contributed by atoms with Gasteiger partial charge in [0.15, 0.2) is 0 Å². The second-order valence-electron chi connectivity index (χ2n) is 5.22. The van der Waals surface area contributed by atoms with Crippen LogP contribution in [0.4, 0.5) is 5.69 Å². The van der Waals surface area contributed by atoms with Crippen molar-refractivity contribution in [3.8, 4) is 0 Å². The lowest BCUT2D eigenvalue weighted by Crippen LogP contribution is -2.24. The van der Waals surface area contributed by atoms with Gasteiger partial charge in [-0.1, -0.05) is 18.5 Å². The van der Waals surface area contributed by atoms with E-state index in [4.69, 9.17) is 11.6 Å². The number of hydrogen-bond acceptors (Lipinski definition) is 3. The summed E-state index contributed by atoms with van der Waals surface area (Å²) >= 11 is 7.75. The molecule has 24 heavy (non-hydrogen) atoms. The average molecular weight is 363 g/mol. The Morgan fingerprint density at radius 1 is 1.25 bits per heavy atom. The van der Waals surface area contributed by atoms with Gasteiger partial charge >= 0.3 is 0 Å². The largest absolute Gasteiger partial charge is 0.352 e. The molecule has 2 N–H and O–H groups in total. The number of thiophene rings is 1. The van der Waals surface area contributed by atoms with E-state index in [2.05, 4.69) is 10.6 Å². The van der Waals surface area contributed by atoms with Crippen LogP contribution in [0, 0.1) is 6.92 Å². The molecule has 6 heteroatoms. The molecular weight excluding hydrogens is 344 g/mol. The highest BCUT2D eigenvalue weighted by Crippen LogP contribution is 2.21. The number of hydrogen-bond donors (Lipinski definition) is 2. The predicted molar refractivity (Wildman–Crippen MR) is 101 cm³/mol. The Labute approximate surface area is 150 Å². The van der Waals surface area contributed by atoms with Crippen LogP contribution in [0.5, 0.6) is 0 Å². The van der Waals surface area contributed by atoms with Crippen molar-refractivity contribution in [2.75, 3.05) is 11.9 Å². The molecule has 1 heterocycles.